The van der Waals surface area contributed by atoms with Crippen LogP contribution < -0.4 is 14.8 Å². The zero-order valence-corrected chi connectivity index (χ0v) is 20.1. The van der Waals surface area contributed by atoms with Crippen LogP contribution in [0.2, 0.25) is 0 Å². The molecule has 0 aliphatic heterocycles. The predicted molar refractivity (Wildman–Crippen MR) is 133 cm³/mol. The minimum absolute atomic E-state index is 0.118. The summed E-state index contributed by atoms with van der Waals surface area (Å²) < 4.78 is 24.5. The van der Waals surface area contributed by atoms with E-state index in [1.54, 1.807) is 26.4 Å². The maximum absolute atomic E-state index is 13.4. The van der Waals surface area contributed by atoms with Crippen LogP contribution in [0.1, 0.15) is 54.1 Å². The minimum atomic E-state index is -0.274. The number of hydrogen-bond acceptors (Lipinski definition) is 3. The van der Waals surface area contributed by atoms with E-state index in [4.69, 9.17) is 9.47 Å². The average molecular weight is 462 g/mol. The van der Waals surface area contributed by atoms with Gasteiger partial charge in [0, 0.05) is 12.5 Å². The highest BCUT2D eigenvalue weighted by Gasteiger charge is 2.24. The standard InChI is InChI=1S/C29H32FNO3/c1-19-4-12-25(13-5-19)31-29(32)27-18-22(21-8-14-26(33-2)15-9-21)17-23(28(27)34-3)16-20-6-10-24(30)11-7-20/h6-11,14-15,17-19,25H,4-5,12-13,16H2,1-3H3,(H,31,32). The molecule has 0 saturated heterocycles. The van der Waals surface area contributed by atoms with Crippen molar-refractivity contribution in [2.24, 2.45) is 5.92 Å². The van der Waals surface area contributed by atoms with Gasteiger partial charge in [-0.15, -0.1) is 0 Å². The van der Waals surface area contributed by atoms with Gasteiger partial charge >= 0.3 is 0 Å². The first-order valence-electron chi connectivity index (χ1n) is 11.9. The lowest BCUT2D eigenvalue weighted by molar-refractivity contribution is 0.0919. The number of hydrogen-bond donors (Lipinski definition) is 1. The Morgan fingerprint density at radius 1 is 0.912 bits per heavy atom. The Morgan fingerprint density at radius 3 is 2.21 bits per heavy atom. The van der Waals surface area contributed by atoms with Crippen LogP contribution in [-0.2, 0) is 6.42 Å². The van der Waals surface area contributed by atoms with Crippen LogP contribution in [0.15, 0.2) is 60.7 Å². The van der Waals surface area contributed by atoms with E-state index in [1.165, 1.54) is 12.1 Å². The zero-order valence-electron chi connectivity index (χ0n) is 20.1. The van der Waals surface area contributed by atoms with Crippen molar-refractivity contribution in [1.29, 1.82) is 0 Å². The van der Waals surface area contributed by atoms with Gasteiger partial charge in [-0.25, -0.2) is 4.39 Å². The molecule has 0 heterocycles. The van der Waals surface area contributed by atoms with Crippen molar-refractivity contribution in [1.82, 2.24) is 5.32 Å². The molecular weight excluding hydrogens is 429 g/mol. The molecule has 1 saturated carbocycles. The molecule has 34 heavy (non-hydrogen) atoms. The molecule has 1 aliphatic carbocycles. The van der Waals surface area contributed by atoms with E-state index in [-0.39, 0.29) is 17.8 Å². The molecule has 1 N–H and O–H groups in total. The monoisotopic (exact) mass is 461 g/mol. The summed E-state index contributed by atoms with van der Waals surface area (Å²) >= 11 is 0. The highest BCUT2D eigenvalue weighted by atomic mass is 19.1. The van der Waals surface area contributed by atoms with Crippen molar-refractivity contribution in [3.05, 3.63) is 83.2 Å². The van der Waals surface area contributed by atoms with E-state index < -0.39 is 0 Å². The molecule has 0 radical (unpaired) electrons. The molecule has 0 atom stereocenters. The van der Waals surface area contributed by atoms with Gasteiger partial charge in [0.2, 0.25) is 0 Å². The van der Waals surface area contributed by atoms with Crippen molar-refractivity contribution < 1.29 is 18.7 Å². The molecule has 4 rings (SSSR count). The maximum atomic E-state index is 13.4. The number of nitrogens with one attached hydrogen (secondary N) is 1. The van der Waals surface area contributed by atoms with Crippen molar-refractivity contribution in [3.63, 3.8) is 0 Å². The Bertz CT molecular complexity index is 1120. The summed E-state index contributed by atoms with van der Waals surface area (Å²) in [5, 5.41) is 3.24. The van der Waals surface area contributed by atoms with Gasteiger partial charge in [0.25, 0.3) is 5.91 Å². The normalized spacial score (nSPS) is 17.8. The van der Waals surface area contributed by atoms with Crippen LogP contribution in [-0.4, -0.2) is 26.2 Å². The molecular formula is C29H32FNO3. The first-order valence-corrected chi connectivity index (χ1v) is 11.9. The number of carbonyl (C=O) groups is 1. The third-order valence-electron chi connectivity index (χ3n) is 6.70. The minimum Gasteiger partial charge on any atom is -0.497 e. The highest BCUT2D eigenvalue weighted by Crippen LogP contribution is 2.34. The molecule has 3 aromatic carbocycles. The number of amides is 1. The SMILES string of the molecule is COc1ccc(-c2cc(Cc3ccc(F)cc3)c(OC)c(C(=O)NC3CCC(C)CC3)c2)cc1. The van der Waals surface area contributed by atoms with Gasteiger partial charge in [0.05, 0.1) is 19.8 Å². The van der Waals surface area contributed by atoms with E-state index in [2.05, 4.69) is 12.2 Å². The molecule has 0 bridgehead atoms. The fourth-order valence-corrected chi connectivity index (χ4v) is 4.67. The van der Waals surface area contributed by atoms with Crippen LogP contribution in [0.5, 0.6) is 11.5 Å². The fourth-order valence-electron chi connectivity index (χ4n) is 4.67. The second-order valence-electron chi connectivity index (χ2n) is 9.18. The van der Waals surface area contributed by atoms with Crippen LogP contribution >= 0.6 is 0 Å². The van der Waals surface area contributed by atoms with Crippen LogP contribution in [0.3, 0.4) is 0 Å². The Morgan fingerprint density at radius 2 is 1.59 bits per heavy atom. The molecule has 4 nitrogen and oxygen atoms in total. The zero-order chi connectivity index (χ0) is 24.1. The summed E-state index contributed by atoms with van der Waals surface area (Å²) in [5.41, 5.74) is 4.24. The first-order chi connectivity index (χ1) is 16.5. The molecule has 1 aliphatic rings. The van der Waals surface area contributed by atoms with Gasteiger partial charge in [0.15, 0.2) is 0 Å². The Hall–Kier alpha value is -3.34. The van der Waals surface area contributed by atoms with Crippen molar-refractivity contribution in [2.45, 2.75) is 45.1 Å². The number of halogens is 1. The lowest BCUT2D eigenvalue weighted by atomic mass is 9.87. The smallest absolute Gasteiger partial charge is 0.255 e. The van der Waals surface area contributed by atoms with Crippen LogP contribution in [0, 0.1) is 11.7 Å². The molecule has 0 unspecified atom stereocenters. The third-order valence-corrected chi connectivity index (χ3v) is 6.70. The summed E-state index contributed by atoms with van der Waals surface area (Å²) in [6.45, 7) is 2.27. The predicted octanol–water partition coefficient (Wildman–Crippen LogP) is 6.41. The van der Waals surface area contributed by atoms with E-state index in [1.807, 2.05) is 36.4 Å². The third kappa shape index (κ3) is 5.58. The molecule has 1 amide bonds. The molecule has 0 aromatic heterocycles. The summed E-state index contributed by atoms with van der Waals surface area (Å²) in [4.78, 5) is 13.4. The van der Waals surface area contributed by atoms with E-state index in [0.717, 1.165) is 53.7 Å². The number of carbonyl (C=O) groups excluding carboxylic acids is 1. The van der Waals surface area contributed by atoms with E-state index in [9.17, 15) is 9.18 Å². The molecule has 5 heteroatoms. The summed E-state index contributed by atoms with van der Waals surface area (Å²) in [6.07, 6.45) is 4.77. The largest absolute Gasteiger partial charge is 0.497 e. The van der Waals surface area contributed by atoms with E-state index >= 15 is 0 Å². The van der Waals surface area contributed by atoms with Gasteiger partial charge in [-0.2, -0.15) is 0 Å². The summed E-state index contributed by atoms with van der Waals surface area (Å²) in [5.74, 6) is 1.65. The Balaban J connectivity index is 1.72. The molecule has 1 fully saturated rings. The second kappa shape index (κ2) is 10.7. The first kappa shape index (κ1) is 23.8. The highest BCUT2D eigenvalue weighted by molar-refractivity contribution is 5.99. The summed E-state index contributed by atoms with van der Waals surface area (Å²) in [7, 11) is 3.23. The van der Waals surface area contributed by atoms with Gasteiger partial charge in [-0.3, -0.25) is 4.79 Å². The fraction of sp³-hybridized carbons (Fsp3) is 0.345. The number of benzene rings is 3. The topological polar surface area (TPSA) is 47.6 Å². The number of methoxy groups -OCH3 is 2. The van der Waals surface area contributed by atoms with Gasteiger partial charge in [-0.1, -0.05) is 31.2 Å². The quantitative estimate of drug-likeness (QED) is 0.442. The van der Waals surface area contributed by atoms with Crippen molar-refractivity contribution >= 4 is 5.91 Å². The molecule has 0 spiro atoms. The van der Waals surface area contributed by atoms with Gasteiger partial charge in [0.1, 0.15) is 17.3 Å². The van der Waals surface area contributed by atoms with Crippen LogP contribution in [0.4, 0.5) is 4.39 Å². The maximum Gasteiger partial charge on any atom is 0.255 e. The van der Waals surface area contributed by atoms with Crippen LogP contribution in [0.25, 0.3) is 11.1 Å². The lowest BCUT2D eigenvalue weighted by Gasteiger charge is -2.27. The number of ether oxygens (including phenoxy) is 2. The van der Waals surface area contributed by atoms with E-state index in [0.29, 0.717) is 23.7 Å². The Labute approximate surface area is 201 Å². The van der Waals surface area contributed by atoms with Crippen molar-refractivity contribution in [3.8, 4) is 22.6 Å². The lowest BCUT2D eigenvalue weighted by Crippen LogP contribution is -2.37. The average Bonchev–Trinajstić information content (AvgIpc) is 2.86. The molecule has 178 valence electrons. The number of rotatable bonds is 7. The molecule has 3 aromatic rings. The second-order valence-corrected chi connectivity index (χ2v) is 9.18. The summed E-state index contributed by atoms with van der Waals surface area (Å²) in [6, 6.07) is 18.3. The Kier molecular flexibility index (Phi) is 7.51. The van der Waals surface area contributed by atoms with Gasteiger partial charge < -0.3 is 14.8 Å². The van der Waals surface area contributed by atoms with Gasteiger partial charge in [-0.05, 0) is 90.3 Å². The van der Waals surface area contributed by atoms with Crippen molar-refractivity contribution in [2.75, 3.05) is 14.2 Å².